The SMILES string of the molecule is CCOC(=O)[C@@H]1CCCN(c2c(S(=O)(=O)c3ccc(C)cc3)cnc3ccccc23)C1. The van der Waals surface area contributed by atoms with E-state index in [0.29, 0.717) is 25.4 Å². The van der Waals surface area contributed by atoms with Gasteiger partial charge in [-0.25, -0.2) is 8.42 Å². The Kier molecular flexibility index (Phi) is 5.96. The number of piperidine rings is 1. The Labute approximate surface area is 182 Å². The maximum atomic E-state index is 13.6. The summed E-state index contributed by atoms with van der Waals surface area (Å²) in [7, 11) is -3.80. The van der Waals surface area contributed by atoms with Crippen molar-refractivity contribution in [2.24, 2.45) is 5.92 Å². The number of aryl methyl sites for hydroxylation is 1. The van der Waals surface area contributed by atoms with Gasteiger partial charge in [-0.1, -0.05) is 35.9 Å². The number of rotatable bonds is 5. The largest absolute Gasteiger partial charge is 0.466 e. The van der Waals surface area contributed by atoms with E-state index in [1.807, 2.05) is 36.1 Å². The predicted molar refractivity (Wildman–Crippen MR) is 120 cm³/mol. The van der Waals surface area contributed by atoms with E-state index in [0.717, 1.165) is 29.3 Å². The van der Waals surface area contributed by atoms with Crippen LogP contribution in [0.25, 0.3) is 10.9 Å². The van der Waals surface area contributed by atoms with Gasteiger partial charge < -0.3 is 9.64 Å². The molecule has 0 N–H and O–H groups in total. The molecular formula is C24H26N2O4S. The van der Waals surface area contributed by atoms with E-state index in [2.05, 4.69) is 4.98 Å². The number of carbonyl (C=O) groups is 1. The van der Waals surface area contributed by atoms with Gasteiger partial charge in [-0.2, -0.15) is 0 Å². The molecule has 0 unspecified atom stereocenters. The maximum absolute atomic E-state index is 13.6. The topological polar surface area (TPSA) is 76.6 Å². The smallest absolute Gasteiger partial charge is 0.310 e. The van der Waals surface area contributed by atoms with Crippen LogP contribution in [-0.2, 0) is 19.4 Å². The number of nitrogens with zero attached hydrogens (tertiary/aromatic N) is 2. The molecule has 1 atom stereocenters. The lowest BCUT2D eigenvalue weighted by Gasteiger charge is -2.35. The van der Waals surface area contributed by atoms with Gasteiger partial charge in [0.1, 0.15) is 4.90 Å². The number of benzene rings is 2. The van der Waals surface area contributed by atoms with E-state index in [1.54, 1.807) is 31.2 Å². The van der Waals surface area contributed by atoms with Gasteiger partial charge in [0.25, 0.3) is 0 Å². The fourth-order valence-corrected chi connectivity index (χ4v) is 5.54. The minimum Gasteiger partial charge on any atom is -0.466 e. The highest BCUT2D eigenvalue weighted by Crippen LogP contribution is 2.37. The Bertz CT molecular complexity index is 1210. The fraction of sp³-hybridized carbons (Fsp3) is 0.333. The Morgan fingerprint density at radius 2 is 1.90 bits per heavy atom. The van der Waals surface area contributed by atoms with Crippen LogP contribution >= 0.6 is 0 Å². The Balaban J connectivity index is 1.85. The average Bonchev–Trinajstić information content (AvgIpc) is 2.79. The van der Waals surface area contributed by atoms with Crippen molar-refractivity contribution in [3.05, 3.63) is 60.3 Å². The number of hydrogen-bond acceptors (Lipinski definition) is 6. The van der Waals surface area contributed by atoms with Gasteiger partial charge in [0.15, 0.2) is 0 Å². The monoisotopic (exact) mass is 438 g/mol. The third kappa shape index (κ3) is 4.14. The van der Waals surface area contributed by atoms with Crippen molar-refractivity contribution >= 4 is 32.4 Å². The van der Waals surface area contributed by atoms with Crippen molar-refractivity contribution in [1.82, 2.24) is 4.98 Å². The molecule has 0 amide bonds. The zero-order chi connectivity index (χ0) is 22.0. The average molecular weight is 439 g/mol. The van der Waals surface area contributed by atoms with Gasteiger partial charge in [0.2, 0.25) is 9.84 Å². The van der Waals surface area contributed by atoms with Gasteiger partial charge in [-0.05, 0) is 44.9 Å². The molecule has 0 spiro atoms. The standard InChI is InChI=1S/C24H26N2O4S/c1-3-30-24(27)18-7-6-14-26(16-18)23-20-8-4-5-9-21(20)25-15-22(23)31(28,29)19-12-10-17(2)11-13-19/h4-5,8-13,15,18H,3,6-7,14,16H2,1-2H3/t18-/m1/s1. The molecule has 2 aromatic carbocycles. The first kappa shape index (κ1) is 21.3. The van der Waals surface area contributed by atoms with Crippen LogP contribution in [-0.4, -0.2) is 39.1 Å². The molecule has 1 aliphatic heterocycles. The molecule has 0 aliphatic carbocycles. The van der Waals surface area contributed by atoms with Crippen molar-refractivity contribution in [2.45, 2.75) is 36.5 Å². The number of fused-ring (bicyclic) bond motifs is 1. The molecule has 4 rings (SSSR count). The fourth-order valence-electron chi connectivity index (χ4n) is 4.11. The van der Waals surface area contributed by atoms with Crippen LogP contribution < -0.4 is 4.90 Å². The summed E-state index contributed by atoms with van der Waals surface area (Å²) in [4.78, 5) is 19.2. The molecule has 1 saturated heterocycles. The number of ether oxygens (including phenoxy) is 1. The molecule has 3 aromatic rings. The van der Waals surface area contributed by atoms with Crippen LogP contribution in [0.4, 0.5) is 5.69 Å². The number of esters is 1. The lowest BCUT2D eigenvalue weighted by Crippen LogP contribution is -2.40. The van der Waals surface area contributed by atoms with Gasteiger partial charge in [-0.3, -0.25) is 9.78 Å². The van der Waals surface area contributed by atoms with Crippen molar-refractivity contribution in [3.63, 3.8) is 0 Å². The summed E-state index contributed by atoms with van der Waals surface area (Å²) in [6.45, 7) is 5.13. The van der Waals surface area contributed by atoms with Crippen LogP contribution in [0.15, 0.2) is 64.5 Å². The molecule has 1 aliphatic rings. The second-order valence-electron chi connectivity index (χ2n) is 7.84. The van der Waals surface area contributed by atoms with Crippen LogP contribution in [0.3, 0.4) is 0 Å². The number of carbonyl (C=O) groups excluding carboxylic acids is 1. The van der Waals surface area contributed by atoms with E-state index in [9.17, 15) is 13.2 Å². The summed E-state index contributed by atoms with van der Waals surface area (Å²) in [5.74, 6) is -0.510. The second kappa shape index (κ2) is 8.67. The molecular weight excluding hydrogens is 412 g/mol. The first-order chi connectivity index (χ1) is 14.9. The Hall–Kier alpha value is -2.93. The minimum atomic E-state index is -3.80. The molecule has 162 valence electrons. The molecule has 7 heteroatoms. The number of hydrogen-bond donors (Lipinski definition) is 0. The van der Waals surface area contributed by atoms with Crippen molar-refractivity contribution < 1.29 is 17.9 Å². The molecule has 0 saturated carbocycles. The van der Waals surface area contributed by atoms with Crippen LogP contribution in [0.2, 0.25) is 0 Å². The number of pyridine rings is 1. The van der Waals surface area contributed by atoms with Gasteiger partial charge in [-0.15, -0.1) is 0 Å². The van der Waals surface area contributed by atoms with Crippen molar-refractivity contribution in [3.8, 4) is 0 Å². The highest BCUT2D eigenvalue weighted by molar-refractivity contribution is 7.91. The van der Waals surface area contributed by atoms with E-state index < -0.39 is 9.84 Å². The highest BCUT2D eigenvalue weighted by atomic mass is 32.2. The summed E-state index contributed by atoms with van der Waals surface area (Å²) in [5.41, 5.74) is 2.32. The van der Waals surface area contributed by atoms with E-state index in [-0.39, 0.29) is 21.7 Å². The van der Waals surface area contributed by atoms with Crippen molar-refractivity contribution in [1.29, 1.82) is 0 Å². The quantitative estimate of drug-likeness (QED) is 0.557. The van der Waals surface area contributed by atoms with Gasteiger partial charge in [0.05, 0.1) is 28.6 Å². The minimum absolute atomic E-state index is 0.166. The summed E-state index contributed by atoms with van der Waals surface area (Å²) < 4.78 is 32.5. The van der Waals surface area contributed by atoms with Gasteiger partial charge >= 0.3 is 5.97 Å². The number of aromatic nitrogens is 1. The lowest BCUT2D eigenvalue weighted by atomic mass is 9.97. The summed E-state index contributed by atoms with van der Waals surface area (Å²) in [6.07, 6.45) is 2.96. The zero-order valence-electron chi connectivity index (χ0n) is 17.7. The first-order valence-electron chi connectivity index (χ1n) is 10.5. The Morgan fingerprint density at radius 3 is 2.65 bits per heavy atom. The van der Waals surface area contributed by atoms with Crippen LogP contribution in [0.5, 0.6) is 0 Å². The van der Waals surface area contributed by atoms with Gasteiger partial charge in [0, 0.05) is 24.7 Å². The third-order valence-electron chi connectivity index (χ3n) is 5.69. The predicted octanol–water partition coefficient (Wildman–Crippen LogP) is 4.16. The van der Waals surface area contributed by atoms with Crippen LogP contribution in [0, 0.1) is 12.8 Å². The summed E-state index contributed by atoms with van der Waals surface area (Å²) >= 11 is 0. The normalized spacial score (nSPS) is 17.0. The summed E-state index contributed by atoms with van der Waals surface area (Å²) in [6, 6.07) is 14.3. The molecule has 1 fully saturated rings. The maximum Gasteiger partial charge on any atom is 0.310 e. The van der Waals surface area contributed by atoms with Crippen molar-refractivity contribution in [2.75, 3.05) is 24.6 Å². The summed E-state index contributed by atoms with van der Waals surface area (Å²) in [5, 5.41) is 0.764. The number of sulfone groups is 1. The Morgan fingerprint density at radius 1 is 1.16 bits per heavy atom. The lowest BCUT2D eigenvalue weighted by molar-refractivity contribution is -0.148. The zero-order valence-corrected chi connectivity index (χ0v) is 18.6. The van der Waals surface area contributed by atoms with E-state index >= 15 is 0 Å². The molecule has 0 bridgehead atoms. The van der Waals surface area contributed by atoms with E-state index in [4.69, 9.17) is 4.74 Å². The number of para-hydroxylation sites is 1. The molecule has 2 heterocycles. The molecule has 6 nitrogen and oxygen atoms in total. The number of anilines is 1. The third-order valence-corrected chi connectivity index (χ3v) is 7.46. The molecule has 1 aromatic heterocycles. The highest BCUT2D eigenvalue weighted by Gasteiger charge is 2.32. The van der Waals surface area contributed by atoms with E-state index in [1.165, 1.54) is 6.20 Å². The molecule has 0 radical (unpaired) electrons. The first-order valence-corrected chi connectivity index (χ1v) is 12.0. The van der Waals surface area contributed by atoms with Crippen LogP contribution in [0.1, 0.15) is 25.3 Å². The second-order valence-corrected chi connectivity index (χ2v) is 9.76. The molecule has 31 heavy (non-hydrogen) atoms.